The number of nitrogens with zero attached hydrogens (tertiary/aromatic N) is 6. The maximum Gasteiger partial charge on any atom is 8.00 e. The Morgan fingerprint density at radius 3 is 0.800 bits per heavy atom. The molecule has 8 aromatic carbocycles. The van der Waals surface area contributed by atoms with E-state index in [9.17, 15) is 0 Å². The molecule has 8 heteroatoms. The van der Waals surface area contributed by atoms with Gasteiger partial charge in [-0.15, -0.1) is 47.9 Å². The predicted molar refractivity (Wildman–Crippen MR) is 324 cm³/mol. The van der Waals surface area contributed by atoms with Gasteiger partial charge in [-0.25, -0.2) is 0 Å². The van der Waals surface area contributed by atoms with E-state index in [1.807, 2.05) is 49.1 Å². The van der Waals surface area contributed by atoms with E-state index in [2.05, 4.69) is 228 Å². The molecule has 0 radical (unpaired) electrons. The zero-order valence-electron chi connectivity index (χ0n) is 44.4. The van der Waals surface area contributed by atoms with Crippen LogP contribution in [0, 0.1) is 11.8 Å². The minimum Gasteiger partial charge on any atom is -1.00 e. The number of allylic oxidation sites excluding steroid dienone is 4. The van der Waals surface area contributed by atoms with Gasteiger partial charge >= 0.3 is 19.5 Å². The van der Waals surface area contributed by atoms with E-state index >= 15 is 0 Å². The van der Waals surface area contributed by atoms with Gasteiger partial charge in [0.1, 0.15) is 0 Å². The van der Waals surface area contributed by atoms with E-state index in [-0.39, 0.29) is 31.9 Å². The molecule has 3 fully saturated rings. The van der Waals surface area contributed by atoms with Crippen molar-refractivity contribution in [2.75, 3.05) is 13.1 Å². The van der Waals surface area contributed by atoms with Gasteiger partial charge in [0.05, 0.1) is 0 Å². The molecule has 6 nitrogen and oxygen atoms in total. The predicted octanol–water partition coefficient (Wildman–Crippen LogP) is 13.2. The van der Waals surface area contributed by atoms with Crippen LogP contribution in [-0.2, 0) is 19.5 Å². The van der Waals surface area contributed by atoms with Crippen LogP contribution in [0.15, 0.2) is 255 Å². The molecule has 6 atom stereocenters. The quantitative estimate of drug-likeness (QED) is 0.149. The van der Waals surface area contributed by atoms with E-state index < -0.39 is 0 Å². The van der Waals surface area contributed by atoms with Crippen LogP contribution < -0.4 is 33.3 Å². The largest absolute Gasteiger partial charge is 8.00 e. The Morgan fingerprint density at radius 1 is 0.287 bits per heavy atom. The Hall–Kier alpha value is -7.77. The fraction of sp³-hybridized carbons (Fsp3) is 0.167. The number of benzene rings is 8. The van der Waals surface area contributed by atoms with Gasteiger partial charge in [-0.3, -0.25) is 0 Å². The van der Waals surface area contributed by atoms with Crippen molar-refractivity contribution in [1.82, 2.24) is 0 Å². The van der Waals surface area contributed by atoms with E-state index in [4.69, 9.17) is 10.6 Å². The van der Waals surface area contributed by atoms with Crippen LogP contribution in [0.2, 0.25) is 0 Å². The Balaban J connectivity index is 0.000000125. The molecule has 0 amide bonds. The summed E-state index contributed by atoms with van der Waals surface area (Å²) in [5, 5.41) is 33.5. The summed E-state index contributed by atoms with van der Waals surface area (Å²) in [6, 6.07) is 73.6. The van der Waals surface area contributed by atoms with E-state index in [0.29, 0.717) is 35.8 Å². The molecule has 80 heavy (non-hydrogen) atoms. The van der Waals surface area contributed by atoms with Crippen molar-refractivity contribution in [3.8, 4) is 0 Å². The number of rotatable bonds is 6. The van der Waals surface area contributed by atoms with Crippen LogP contribution >= 0.6 is 0 Å². The van der Waals surface area contributed by atoms with Crippen LogP contribution in [0.5, 0.6) is 0 Å². The molecular weight excluding hydrogens is 1090 g/mol. The minimum absolute atomic E-state index is 0. The summed E-state index contributed by atoms with van der Waals surface area (Å²) in [5.74, 6) is 2.72. The standard InChI is InChI=1S/C24H28N2.2C24H16N2.ClH.Ru/c3*1-3-7-17(8-4-1)19-13-15-25-23-21(19)11-12-22-20(14-16-26-24(22)23)18-9-5-2-6-10-18;;/h1-10,19-24H,11-16H2;2*1-16H;1H;/q3*-2;;+8/p-1. The number of fused-ring (bicyclic) bond motifs is 9. The monoisotopic (exact) mass is 1150 g/mol. The summed E-state index contributed by atoms with van der Waals surface area (Å²) >= 11 is 0. The van der Waals surface area contributed by atoms with Crippen molar-refractivity contribution >= 4 is 45.0 Å². The van der Waals surface area contributed by atoms with Crippen molar-refractivity contribution in [1.29, 1.82) is 0 Å². The number of piperidine rings is 2. The molecule has 0 N–H and O–H groups in total. The molecule has 392 valence electrons. The first-order valence-electron chi connectivity index (χ1n) is 27.7. The molecule has 8 aromatic rings. The molecule has 15 rings (SSSR count). The van der Waals surface area contributed by atoms with Crippen LogP contribution in [-0.4, -0.2) is 25.2 Å². The molecule has 1 aliphatic carbocycles. The fourth-order valence-corrected chi connectivity index (χ4v) is 13.1. The van der Waals surface area contributed by atoms with Gasteiger partial charge in [0.2, 0.25) is 0 Å². The summed E-state index contributed by atoms with van der Waals surface area (Å²) in [5.41, 5.74) is 16.3. The van der Waals surface area contributed by atoms with E-state index in [0.717, 1.165) is 56.7 Å². The van der Waals surface area contributed by atoms with Gasteiger partial charge in [-0.1, -0.05) is 268 Å². The molecule has 7 aliphatic rings. The third-order valence-corrected chi connectivity index (χ3v) is 16.7. The molecule has 0 bridgehead atoms. The minimum atomic E-state index is 0. The van der Waals surface area contributed by atoms with Crippen molar-refractivity contribution < 1.29 is 31.9 Å². The topological polar surface area (TPSA) is 84.6 Å². The Labute approximate surface area is 489 Å². The maximum absolute atomic E-state index is 5.15. The summed E-state index contributed by atoms with van der Waals surface area (Å²) in [4.78, 5) is 0. The second kappa shape index (κ2) is 25.1. The molecule has 6 heterocycles. The SMILES string of the molecule is C1=CC(c2ccccc2)=c2ccc3c(c2[N-]1)[N-]C=CC=3c1ccccc1.C1=CC(c2ccccc2)=c2ccc3c(c2[N-]1)[N-]C=CC=3c1ccccc1.[Cl-].[Ru+8].c1ccc(C2CC[N-]C3C2CCC2C(c4ccccc4)CC[N-]C23)cc1. The second-order valence-electron chi connectivity index (χ2n) is 20.9. The van der Waals surface area contributed by atoms with Crippen molar-refractivity contribution in [3.05, 3.63) is 342 Å². The first-order chi connectivity index (χ1) is 38.7. The molecule has 2 saturated heterocycles. The van der Waals surface area contributed by atoms with Gasteiger partial charge in [0.25, 0.3) is 0 Å². The van der Waals surface area contributed by atoms with Gasteiger partial charge < -0.3 is 44.3 Å². The summed E-state index contributed by atoms with van der Waals surface area (Å²) in [6.07, 6.45) is 20.9. The molecule has 0 spiro atoms. The fourth-order valence-electron chi connectivity index (χ4n) is 13.1. The molecular formula is C72H60ClN6Ru+. The summed E-state index contributed by atoms with van der Waals surface area (Å²) in [6.45, 7) is 2.02. The zero-order valence-corrected chi connectivity index (χ0v) is 46.9. The van der Waals surface area contributed by atoms with Crippen LogP contribution in [0.4, 0.5) is 22.7 Å². The number of hydrogen-bond donors (Lipinski definition) is 0. The van der Waals surface area contributed by atoms with E-state index in [1.165, 1.54) is 81.4 Å². The third-order valence-electron chi connectivity index (χ3n) is 16.7. The Morgan fingerprint density at radius 2 is 0.537 bits per heavy atom. The number of hydrogen-bond acceptors (Lipinski definition) is 0. The average Bonchev–Trinajstić information content (AvgIpc) is 3.58. The van der Waals surface area contributed by atoms with Crippen LogP contribution in [0.3, 0.4) is 0 Å². The van der Waals surface area contributed by atoms with Crippen molar-refractivity contribution in [3.63, 3.8) is 0 Å². The summed E-state index contributed by atoms with van der Waals surface area (Å²) < 4.78 is 0. The third kappa shape index (κ3) is 11.0. The average molecular weight is 1150 g/mol. The van der Waals surface area contributed by atoms with Crippen molar-refractivity contribution in [2.24, 2.45) is 11.8 Å². The smallest absolute Gasteiger partial charge is 1.00 e. The first-order valence-corrected chi connectivity index (χ1v) is 27.7. The number of halogens is 1. The van der Waals surface area contributed by atoms with Gasteiger partial charge in [-0.2, -0.15) is 24.8 Å². The molecule has 0 aromatic heterocycles. The van der Waals surface area contributed by atoms with Crippen LogP contribution in [0.1, 0.15) is 70.9 Å². The van der Waals surface area contributed by atoms with Crippen LogP contribution in [0.25, 0.3) is 54.2 Å². The summed E-state index contributed by atoms with van der Waals surface area (Å²) in [7, 11) is 0. The van der Waals surface area contributed by atoms with Crippen molar-refractivity contribution in [2.45, 2.75) is 49.6 Å². The molecule has 6 aliphatic heterocycles. The maximum atomic E-state index is 5.15. The van der Waals surface area contributed by atoms with Gasteiger partial charge in [0.15, 0.2) is 0 Å². The Kier molecular flexibility index (Phi) is 17.0. The van der Waals surface area contributed by atoms with Gasteiger partial charge in [0, 0.05) is 0 Å². The first kappa shape index (κ1) is 54.2. The van der Waals surface area contributed by atoms with E-state index in [1.54, 1.807) is 0 Å². The Bertz CT molecular complexity index is 3390. The second-order valence-corrected chi connectivity index (χ2v) is 20.9. The zero-order chi connectivity index (χ0) is 52.0. The molecule has 1 saturated carbocycles. The normalized spacial score (nSPS) is 21.2. The van der Waals surface area contributed by atoms with Gasteiger partial charge in [-0.05, 0) is 88.4 Å². The molecule has 6 unspecified atom stereocenters.